The first kappa shape index (κ1) is 18.4. The molecule has 1 aromatic rings. The van der Waals surface area contributed by atoms with Gasteiger partial charge in [0.25, 0.3) is 0 Å². The minimum absolute atomic E-state index is 0.0375. The number of nitrogens with zero attached hydrogens (tertiary/aromatic N) is 1. The number of rotatable bonds is 6. The number of benzene rings is 1. The molecule has 1 aromatic carbocycles. The van der Waals surface area contributed by atoms with Crippen LogP contribution in [0.2, 0.25) is 0 Å². The second kappa shape index (κ2) is 6.66. The van der Waals surface area contributed by atoms with E-state index in [9.17, 15) is 26.4 Å². The van der Waals surface area contributed by atoms with E-state index in [4.69, 9.17) is 5.73 Å². The smallest absolute Gasteiger partial charge is 0.366 e. The van der Waals surface area contributed by atoms with E-state index in [1.165, 1.54) is 6.07 Å². The van der Waals surface area contributed by atoms with Gasteiger partial charge in [-0.2, -0.15) is 17.5 Å². The van der Waals surface area contributed by atoms with Crippen LogP contribution in [-0.4, -0.2) is 37.9 Å². The lowest BCUT2D eigenvalue weighted by Crippen LogP contribution is -2.39. The van der Waals surface area contributed by atoms with E-state index in [1.807, 2.05) is 0 Å². The maximum absolute atomic E-state index is 12.6. The van der Waals surface area contributed by atoms with Gasteiger partial charge in [-0.15, -0.1) is 0 Å². The van der Waals surface area contributed by atoms with Crippen LogP contribution in [0.3, 0.4) is 0 Å². The first-order valence-electron chi connectivity index (χ1n) is 6.46. The van der Waals surface area contributed by atoms with E-state index < -0.39 is 28.7 Å². The van der Waals surface area contributed by atoms with E-state index in [-0.39, 0.29) is 23.4 Å². The van der Waals surface area contributed by atoms with Crippen molar-refractivity contribution in [1.82, 2.24) is 4.31 Å². The Bertz CT molecular complexity index is 657. The summed E-state index contributed by atoms with van der Waals surface area (Å²) in [5, 5.41) is 0. The van der Waals surface area contributed by atoms with Gasteiger partial charge < -0.3 is 5.73 Å². The Morgan fingerprint density at radius 3 is 2.36 bits per heavy atom. The van der Waals surface area contributed by atoms with Gasteiger partial charge in [0, 0.05) is 12.1 Å². The zero-order valence-electron chi connectivity index (χ0n) is 12.1. The van der Waals surface area contributed by atoms with E-state index in [2.05, 4.69) is 0 Å². The van der Waals surface area contributed by atoms with Gasteiger partial charge in [-0.3, -0.25) is 4.79 Å². The first-order chi connectivity index (χ1) is 9.99. The number of alkyl halides is 3. The van der Waals surface area contributed by atoms with Crippen LogP contribution < -0.4 is 5.73 Å². The van der Waals surface area contributed by atoms with Gasteiger partial charge in [0.15, 0.2) is 0 Å². The van der Waals surface area contributed by atoms with Crippen molar-refractivity contribution in [3.63, 3.8) is 0 Å². The van der Waals surface area contributed by atoms with Crippen molar-refractivity contribution in [3.8, 4) is 0 Å². The number of nitrogens with two attached hydrogens (primary N) is 1. The van der Waals surface area contributed by atoms with Crippen molar-refractivity contribution in [2.75, 3.05) is 13.1 Å². The average Bonchev–Trinajstić information content (AvgIpc) is 2.36. The second-order valence-electron chi connectivity index (χ2n) is 4.79. The molecule has 0 aliphatic carbocycles. The Hall–Kier alpha value is -1.61. The van der Waals surface area contributed by atoms with Gasteiger partial charge in [-0.25, -0.2) is 8.42 Å². The number of aryl methyl sites for hydroxylation is 1. The molecule has 0 saturated carbocycles. The number of hydrogen-bond donors (Lipinski definition) is 1. The maximum atomic E-state index is 12.6. The monoisotopic (exact) mass is 338 g/mol. The summed E-state index contributed by atoms with van der Waals surface area (Å²) in [6.07, 6.45) is -4.43. The molecule has 0 aliphatic heterocycles. The molecule has 0 atom stereocenters. The summed E-state index contributed by atoms with van der Waals surface area (Å²) in [6.45, 7) is 1.27. The van der Waals surface area contributed by atoms with E-state index in [0.717, 1.165) is 12.1 Å². The molecule has 0 heterocycles. The van der Waals surface area contributed by atoms with Crippen molar-refractivity contribution in [3.05, 3.63) is 29.3 Å². The van der Waals surface area contributed by atoms with Crippen molar-refractivity contribution < 1.29 is 26.4 Å². The van der Waals surface area contributed by atoms with Crippen molar-refractivity contribution in [1.29, 1.82) is 0 Å². The quantitative estimate of drug-likeness (QED) is 0.862. The van der Waals surface area contributed by atoms with Crippen LogP contribution >= 0.6 is 0 Å². The molecule has 0 unspecified atom stereocenters. The van der Waals surface area contributed by atoms with Crippen LogP contribution in [0, 0.1) is 6.92 Å². The number of amides is 1. The molecule has 2 N–H and O–H groups in total. The number of halogens is 3. The highest BCUT2D eigenvalue weighted by atomic mass is 32.2. The zero-order chi connectivity index (χ0) is 17.1. The normalized spacial score (nSPS) is 12.6. The van der Waals surface area contributed by atoms with Gasteiger partial charge in [-0.05, 0) is 31.0 Å². The molecule has 0 bridgehead atoms. The fourth-order valence-electron chi connectivity index (χ4n) is 1.91. The molecule has 0 saturated heterocycles. The molecule has 22 heavy (non-hydrogen) atoms. The van der Waals surface area contributed by atoms with Gasteiger partial charge in [0.05, 0.1) is 4.90 Å². The molecule has 0 aromatic heterocycles. The number of carbonyl (C=O) groups is 1. The number of carbonyl (C=O) groups excluding carboxylic acids is 1. The minimum Gasteiger partial charge on any atom is -0.366 e. The van der Waals surface area contributed by atoms with Crippen LogP contribution in [0.4, 0.5) is 13.2 Å². The maximum Gasteiger partial charge on any atom is 0.402 e. The molecule has 1 amide bonds. The Morgan fingerprint density at radius 2 is 1.91 bits per heavy atom. The Balaban J connectivity index is 3.31. The second-order valence-corrected chi connectivity index (χ2v) is 6.73. The molecular weight excluding hydrogens is 321 g/mol. The van der Waals surface area contributed by atoms with Gasteiger partial charge in [-0.1, -0.05) is 13.0 Å². The third kappa shape index (κ3) is 4.44. The fourth-order valence-corrected chi connectivity index (χ4v) is 3.45. The lowest BCUT2D eigenvalue weighted by Gasteiger charge is -2.23. The number of sulfonamides is 1. The summed E-state index contributed by atoms with van der Waals surface area (Å²) in [7, 11) is -4.36. The highest BCUT2D eigenvalue weighted by Gasteiger charge is 2.36. The molecule has 124 valence electrons. The van der Waals surface area contributed by atoms with Gasteiger partial charge >= 0.3 is 6.18 Å². The molecule has 0 aliphatic rings. The standard InChI is InChI=1S/C13H17F3N2O3S/c1-3-6-18(8-13(14,15)16)22(20,21)10-5-4-9(2)11(7-10)12(17)19/h4-5,7H,3,6,8H2,1-2H3,(H2,17,19). The van der Waals surface area contributed by atoms with E-state index in [1.54, 1.807) is 13.8 Å². The van der Waals surface area contributed by atoms with Crippen LogP contribution in [-0.2, 0) is 10.0 Å². The predicted molar refractivity (Wildman–Crippen MR) is 74.8 cm³/mol. The average molecular weight is 338 g/mol. The minimum atomic E-state index is -4.65. The number of hydrogen-bond acceptors (Lipinski definition) is 3. The van der Waals surface area contributed by atoms with Gasteiger partial charge in [0.1, 0.15) is 6.54 Å². The highest BCUT2D eigenvalue weighted by molar-refractivity contribution is 7.89. The molecular formula is C13H17F3N2O3S. The first-order valence-corrected chi connectivity index (χ1v) is 7.90. The summed E-state index contributed by atoms with van der Waals surface area (Å²) in [5.74, 6) is -0.840. The predicted octanol–water partition coefficient (Wildman–Crippen LogP) is 2.06. The van der Waals surface area contributed by atoms with Crippen LogP contribution in [0.1, 0.15) is 29.3 Å². The van der Waals surface area contributed by atoms with Crippen LogP contribution in [0.25, 0.3) is 0 Å². The number of primary amides is 1. The van der Waals surface area contributed by atoms with E-state index in [0.29, 0.717) is 9.87 Å². The molecule has 1 rings (SSSR count). The Morgan fingerprint density at radius 1 is 1.32 bits per heavy atom. The van der Waals surface area contributed by atoms with Crippen molar-refractivity contribution >= 4 is 15.9 Å². The summed E-state index contributed by atoms with van der Waals surface area (Å²) in [5.41, 5.74) is 5.55. The summed E-state index contributed by atoms with van der Waals surface area (Å²) in [4.78, 5) is 10.9. The fraction of sp³-hybridized carbons (Fsp3) is 0.462. The Labute approximate surface area is 127 Å². The zero-order valence-corrected chi connectivity index (χ0v) is 13.0. The summed E-state index contributed by atoms with van der Waals surface area (Å²) in [6, 6.07) is 3.51. The lowest BCUT2D eigenvalue weighted by molar-refractivity contribution is -0.136. The largest absolute Gasteiger partial charge is 0.402 e. The lowest BCUT2D eigenvalue weighted by atomic mass is 10.1. The summed E-state index contributed by atoms with van der Waals surface area (Å²) >= 11 is 0. The molecule has 0 spiro atoms. The molecule has 0 radical (unpaired) electrons. The van der Waals surface area contributed by atoms with Crippen molar-refractivity contribution in [2.24, 2.45) is 5.73 Å². The molecule has 9 heteroatoms. The van der Waals surface area contributed by atoms with Crippen molar-refractivity contribution in [2.45, 2.75) is 31.3 Å². The SMILES string of the molecule is CCCN(CC(F)(F)F)S(=O)(=O)c1ccc(C)c(C(N)=O)c1. The van der Waals surface area contributed by atoms with E-state index >= 15 is 0 Å². The topological polar surface area (TPSA) is 80.5 Å². The third-order valence-corrected chi connectivity index (χ3v) is 4.78. The Kier molecular flexibility index (Phi) is 5.58. The van der Waals surface area contributed by atoms with Crippen LogP contribution in [0.5, 0.6) is 0 Å². The third-order valence-electron chi connectivity index (χ3n) is 2.94. The summed E-state index contributed by atoms with van der Waals surface area (Å²) < 4.78 is 62.8. The highest BCUT2D eigenvalue weighted by Crippen LogP contribution is 2.24. The molecule has 0 fully saturated rings. The van der Waals surface area contributed by atoms with Crippen LogP contribution in [0.15, 0.2) is 23.1 Å². The molecule has 5 nitrogen and oxygen atoms in total. The van der Waals surface area contributed by atoms with Gasteiger partial charge in [0.2, 0.25) is 15.9 Å².